The second kappa shape index (κ2) is 6.13. The Morgan fingerprint density at radius 1 is 1.45 bits per heavy atom. The molecule has 1 fully saturated rings. The molecule has 0 aliphatic carbocycles. The minimum Gasteiger partial charge on any atom is -0.396 e. The van der Waals surface area contributed by atoms with E-state index < -0.39 is 22.2 Å². The number of hydrogen-bond donors (Lipinski definition) is 1. The molecule has 0 aromatic heterocycles. The van der Waals surface area contributed by atoms with Crippen LogP contribution in [0.2, 0.25) is 0 Å². The van der Waals surface area contributed by atoms with Crippen molar-refractivity contribution in [1.82, 2.24) is 0 Å². The van der Waals surface area contributed by atoms with Crippen molar-refractivity contribution in [3.63, 3.8) is 0 Å². The maximum Gasteiger partial charge on any atom is 0.328 e. The summed E-state index contributed by atoms with van der Waals surface area (Å²) < 4.78 is 27.0. The van der Waals surface area contributed by atoms with E-state index in [-0.39, 0.29) is 18.2 Å². The Kier molecular flexibility index (Phi) is 4.49. The predicted molar refractivity (Wildman–Crippen MR) is 69.7 cm³/mol. The highest BCUT2D eigenvalue weighted by Crippen LogP contribution is 2.35. The summed E-state index contributed by atoms with van der Waals surface area (Å²) in [6, 6.07) is 1.53. The zero-order chi connectivity index (χ0) is 14.7. The van der Waals surface area contributed by atoms with Gasteiger partial charge in [-0.05, 0) is 25.2 Å². The number of piperidine rings is 1. The third-order valence-electron chi connectivity index (χ3n) is 3.59. The first kappa shape index (κ1) is 14.6. The van der Waals surface area contributed by atoms with Gasteiger partial charge in [0, 0.05) is 31.8 Å². The van der Waals surface area contributed by atoms with Crippen LogP contribution in [0.15, 0.2) is 12.1 Å². The van der Waals surface area contributed by atoms with Crippen molar-refractivity contribution in [3.8, 4) is 0 Å². The van der Waals surface area contributed by atoms with Crippen molar-refractivity contribution in [2.24, 2.45) is 5.92 Å². The lowest BCUT2D eigenvalue weighted by molar-refractivity contribution is -0.386. The molecule has 1 atom stereocenters. The average Bonchev–Trinajstić information content (AvgIpc) is 2.38. The van der Waals surface area contributed by atoms with Gasteiger partial charge < -0.3 is 10.0 Å². The molecule has 1 aliphatic heterocycles. The fourth-order valence-corrected chi connectivity index (χ4v) is 2.68. The van der Waals surface area contributed by atoms with Gasteiger partial charge in [-0.25, -0.2) is 4.39 Å². The number of halogens is 2. The average molecular weight is 286 g/mol. The second-order valence-corrected chi connectivity index (χ2v) is 4.98. The highest BCUT2D eigenvalue weighted by atomic mass is 19.1. The Morgan fingerprint density at radius 2 is 2.20 bits per heavy atom. The summed E-state index contributed by atoms with van der Waals surface area (Å²) in [7, 11) is 0. The third kappa shape index (κ3) is 3.04. The molecule has 20 heavy (non-hydrogen) atoms. The van der Waals surface area contributed by atoms with Gasteiger partial charge in [0.05, 0.1) is 4.92 Å². The van der Waals surface area contributed by atoms with E-state index in [1.165, 1.54) is 0 Å². The molecule has 1 saturated heterocycles. The summed E-state index contributed by atoms with van der Waals surface area (Å²) in [6.07, 6.45) is 2.27. The normalized spacial score (nSPS) is 19.1. The second-order valence-electron chi connectivity index (χ2n) is 4.98. The molecule has 1 aromatic rings. The van der Waals surface area contributed by atoms with Crippen molar-refractivity contribution in [2.75, 3.05) is 24.6 Å². The van der Waals surface area contributed by atoms with E-state index in [1.807, 2.05) is 0 Å². The number of hydrogen-bond acceptors (Lipinski definition) is 4. The number of nitro groups is 1. The van der Waals surface area contributed by atoms with Crippen LogP contribution in [0.3, 0.4) is 0 Å². The number of nitrogens with zero attached hydrogens (tertiary/aromatic N) is 2. The van der Waals surface area contributed by atoms with Gasteiger partial charge in [0.25, 0.3) is 0 Å². The van der Waals surface area contributed by atoms with Crippen LogP contribution >= 0.6 is 0 Å². The minimum atomic E-state index is -1.16. The fraction of sp³-hybridized carbons (Fsp3) is 0.538. The van der Waals surface area contributed by atoms with Crippen molar-refractivity contribution in [2.45, 2.75) is 19.3 Å². The zero-order valence-electron chi connectivity index (χ0n) is 10.9. The number of aliphatic hydroxyl groups is 1. The Balaban J connectivity index is 2.33. The molecule has 1 N–H and O–H groups in total. The van der Waals surface area contributed by atoms with Crippen LogP contribution in [0.4, 0.5) is 20.2 Å². The molecular formula is C13H16F2N2O3. The Hall–Kier alpha value is -1.76. The molecule has 1 unspecified atom stereocenters. The Bertz CT molecular complexity index is 509. The quantitative estimate of drug-likeness (QED) is 0.682. The zero-order valence-corrected chi connectivity index (χ0v) is 10.9. The first-order valence-corrected chi connectivity index (χ1v) is 6.52. The molecule has 1 aromatic carbocycles. The van der Waals surface area contributed by atoms with E-state index in [1.54, 1.807) is 4.90 Å². The molecule has 0 saturated carbocycles. The Labute approximate surface area is 115 Å². The lowest BCUT2D eigenvalue weighted by atomic mass is 9.94. The van der Waals surface area contributed by atoms with E-state index >= 15 is 0 Å². The molecule has 0 bridgehead atoms. The van der Waals surface area contributed by atoms with Crippen molar-refractivity contribution < 1.29 is 18.8 Å². The van der Waals surface area contributed by atoms with Gasteiger partial charge >= 0.3 is 5.69 Å². The van der Waals surface area contributed by atoms with Crippen LogP contribution in [0.25, 0.3) is 0 Å². The van der Waals surface area contributed by atoms with E-state index in [0.29, 0.717) is 25.6 Å². The topological polar surface area (TPSA) is 66.6 Å². The maximum absolute atomic E-state index is 13.6. The van der Waals surface area contributed by atoms with E-state index in [0.717, 1.165) is 18.9 Å². The lowest BCUT2D eigenvalue weighted by Gasteiger charge is -2.33. The molecule has 0 spiro atoms. The third-order valence-corrected chi connectivity index (χ3v) is 3.59. The van der Waals surface area contributed by atoms with Crippen LogP contribution in [0.1, 0.15) is 19.3 Å². The first-order valence-electron chi connectivity index (χ1n) is 6.52. The molecule has 110 valence electrons. The molecule has 0 radical (unpaired) electrons. The number of aliphatic hydroxyl groups excluding tert-OH is 1. The van der Waals surface area contributed by atoms with Crippen molar-refractivity contribution in [1.29, 1.82) is 0 Å². The van der Waals surface area contributed by atoms with Crippen LogP contribution in [0, 0.1) is 27.7 Å². The molecule has 1 heterocycles. The van der Waals surface area contributed by atoms with Crippen LogP contribution in [-0.4, -0.2) is 29.7 Å². The monoisotopic (exact) mass is 286 g/mol. The minimum absolute atomic E-state index is 0.0184. The van der Waals surface area contributed by atoms with E-state index in [4.69, 9.17) is 5.11 Å². The maximum atomic E-state index is 13.6. The van der Waals surface area contributed by atoms with Gasteiger partial charge in [-0.2, -0.15) is 4.39 Å². The Morgan fingerprint density at radius 3 is 2.85 bits per heavy atom. The van der Waals surface area contributed by atoms with Gasteiger partial charge in [0.2, 0.25) is 5.82 Å². The SMILES string of the molecule is O=[N+]([O-])c1c(F)cc(F)cc1N1CCCC(CCO)C1. The summed E-state index contributed by atoms with van der Waals surface area (Å²) >= 11 is 0. The van der Waals surface area contributed by atoms with Crippen LogP contribution < -0.4 is 4.90 Å². The number of benzene rings is 1. The molecule has 1 aliphatic rings. The molecular weight excluding hydrogens is 270 g/mol. The largest absolute Gasteiger partial charge is 0.396 e. The van der Waals surface area contributed by atoms with Crippen LogP contribution in [-0.2, 0) is 0 Å². The van der Waals surface area contributed by atoms with Gasteiger partial charge in [-0.15, -0.1) is 0 Å². The summed E-state index contributed by atoms with van der Waals surface area (Å²) in [5.41, 5.74) is -0.703. The van der Waals surface area contributed by atoms with Gasteiger partial charge in [0.1, 0.15) is 11.5 Å². The van der Waals surface area contributed by atoms with Crippen molar-refractivity contribution in [3.05, 3.63) is 33.9 Å². The summed E-state index contributed by atoms with van der Waals surface area (Å²) in [4.78, 5) is 11.8. The number of rotatable bonds is 4. The van der Waals surface area contributed by atoms with Gasteiger partial charge in [0.15, 0.2) is 0 Å². The van der Waals surface area contributed by atoms with Gasteiger partial charge in [-0.1, -0.05) is 0 Å². The standard InChI is InChI=1S/C13H16F2N2O3/c14-10-6-11(15)13(17(19)20)12(7-10)16-4-1-2-9(8-16)3-5-18/h6-7,9,18H,1-5,8H2. The van der Waals surface area contributed by atoms with Gasteiger partial charge in [-0.3, -0.25) is 10.1 Å². The number of nitro benzene ring substituents is 1. The number of anilines is 1. The summed E-state index contributed by atoms with van der Waals surface area (Å²) in [5, 5.41) is 19.9. The fourth-order valence-electron chi connectivity index (χ4n) is 2.68. The summed E-state index contributed by atoms with van der Waals surface area (Å²) in [5.74, 6) is -1.80. The molecule has 5 nitrogen and oxygen atoms in total. The highest BCUT2D eigenvalue weighted by Gasteiger charge is 2.29. The molecule has 2 rings (SSSR count). The lowest BCUT2D eigenvalue weighted by Crippen LogP contribution is -2.36. The first-order chi connectivity index (χ1) is 9.52. The van der Waals surface area contributed by atoms with Crippen molar-refractivity contribution >= 4 is 11.4 Å². The molecule has 0 amide bonds. The predicted octanol–water partition coefficient (Wildman–Crippen LogP) is 2.47. The summed E-state index contributed by atoms with van der Waals surface area (Å²) in [6.45, 7) is 1.02. The van der Waals surface area contributed by atoms with E-state index in [9.17, 15) is 18.9 Å². The smallest absolute Gasteiger partial charge is 0.328 e. The molecule has 7 heteroatoms. The van der Waals surface area contributed by atoms with E-state index in [2.05, 4.69) is 0 Å². The highest BCUT2D eigenvalue weighted by molar-refractivity contribution is 5.64. The van der Waals surface area contributed by atoms with Crippen LogP contribution in [0.5, 0.6) is 0 Å².